The molecule has 0 saturated heterocycles. The van der Waals surface area contributed by atoms with Gasteiger partial charge in [0, 0.05) is 0 Å². The zero-order chi connectivity index (χ0) is 21.6. The van der Waals surface area contributed by atoms with Gasteiger partial charge >= 0.3 is 0 Å². The summed E-state index contributed by atoms with van der Waals surface area (Å²) in [4.78, 5) is 8.55. The average molecular weight is 533 g/mol. The second-order valence-corrected chi connectivity index (χ2v) is 9.18. The van der Waals surface area contributed by atoms with Gasteiger partial charge in [0.15, 0.2) is 5.16 Å². The van der Waals surface area contributed by atoms with Gasteiger partial charge in [0.05, 0.1) is 10.4 Å². The summed E-state index contributed by atoms with van der Waals surface area (Å²) in [6.07, 6.45) is 1.94. The number of aromatic nitrogens is 3. The molecule has 9 heteroatoms. The first-order valence-electron chi connectivity index (χ1n) is 9.33. The van der Waals surface area contributed by atoms with Gasteiger partial charge < -0.3 is 14.5 Å². The van der Waals surface area contributed by atoms with Crippen LogP contribution in [0.5, 0.6) is 11.8 Å². The molecule has 1 N–H and O–H groups in total. The van der Waals surface area contributed by atoms with E-state index in [0.29, 0.717) is 40.3 Å². The topological polar surface area (TPSA) is 60.0 Å². The fraction of sp³-hybridized carbons (Fsp3) is 0.136. The lowest BCUT2D eigenvalue weighted by Crippen LogP contribution is -2.02. The quantitative estimate of drug-likeness (QED) is 0.151. The lowest BCUT2D eigenvalue weighted by atomic mass is 10.2. The van der Waals surface area contributed by atoms with Gasteiger partial charge in [-0.3, -0.25) is 0 Å². The summed E-state index contributed by atoms with van der Waals surface area (Å²) in [5.41, 5.74) is 2.83. The van der Waals surface area contributed by atoms with Crippen molar-refractivity contribution >= 4 is 51.4 Å². The molecule has 2 aromatic carbocycles. The molecule has 0 aliphatic rings. The number of H-pyrrole nitrogens is 1. The van der Waals surface area contributed by atoms with Crippen molar-refractivity contribution < 1.29 is 9.47 Å². The van der Waals surface area contributed by atoms with E-state index in [9.17, 15) is 0 Å². The second-order valence-electron chi connectivity index (χ2n) is 6.43. The van der Waals surface area contributed by atoms with Crippen LogP contribution in [-0.4, -0.2) is 20.6 Å². The van der Waals surface area contributed by atoms with Crippen molar-refractivity contribution in [2.45, 2.75) is 18.4 Å². The van der Waals surface area contributed by atoms with E-state index in [1.165, 1.54) is 23.3 Å². The molecule has 0 spiro atoms. The number of halogens is 1. The molecular formula is C22H18BrN3O2S3. The molecule has 0 bridgehead atoms. The minimum absolute atomic E-state index is 0.407. The average Bonchev–Trinajstić information content (AvgIpc) is 3.17. The first-order chi connectivity index (χ1) is 15.2. The Labute approximate surface area is 202 Å². The molecule has 2 heterocycles. The molecule has 0 aliphatic carbocycles. The van der Waals surface area contributed by atoms with Crippen LogP contribution < -0.4 is 9.47 Å². The van der Waals surface area contributed by atoms with E-state index in [-0.39, 0.29) is 0 Å². The van der Waals surface area contributed by atoms with E-state index in [4.69, 9.17) is 21.7 Å². The van der Waals surface area contributed by atoms with Crippen LogP contribution in [0.2, 0.25) is 0 Å². The van der Waals surface area contributed by atoms with Gasteiger partial charge in [-0.25, -0.2) is 4.98 Å². The maximum atomic E-state index is 6.14. The summed E-state index contributed by atoms with van der Waals surface area (Å²) < 4.78 is 17.7. The van der Waals surface area contributed by atoms with Crippen LogP contribution in [0.1, 0.15) is 11.1 Å². The first-order valence-corrected chi connectivity index (χ1v) is 12.5. The van der Waals surface area contributed by atoms with Crippen molar-refractivity contribution in [3.8, 4) is 22.2 Å². The minimum Gasteiger partial charge on any atom is -0.474 e. The van der Waals surface area contributed by atoms with Crippen LogP contribution >= 0.6 is 51.4 Å². The molecule has 0 radical (unpaired) electrons. The van der Waals surface area contributed by atoms with E-state index >= 15 is 0 Å². The predicted molar refractivity (Wildman–Crippen MR) is 132 cm³/mol. The predicted octanol–water partition coefficient (Wildman–Crippen LogP) is 6.91. The van der Waals surface area contributed by atoms with E-state index < -0.39 is 0 Å². The lowest BCUT2D eigenvalue weighted by Gasteiger charge is -2.12. The van der Waals surface area contributed by atoms with Gasteiger partial charge in [-0.1, -0.05) is 84.6 Å². The van der Waals surface area contributed by atoms with Crippen molar-refractivity contribution in [1.82, 2.24) is 14.3 Å². The molecule has 0 aliphatic heterocycles. The molecule has 2 aromatic heterocycles. The van der Waals surface area contributed by atoms with Crippen LogP contribution in [0.3, 0.4) is 0 Å². The van der Waals surface area contributed by atoms with E-state index in [1.807, 2.05) is 66.9 Å². The molecular weight excluding hydrogens is 514 g/mol. The zero-order valence-electron chi connectivity index (χ0n) is 16.5. The third kappa shape index (κ3) is 5.35. The Bertz CT molecular complexity index is 1210. The molecule has 0 unspecified atom stereocenters. The van der Waals surface area contributed by atoms with Crippen molar-refractivity contribution in [2.24, 2.45) is 0 Å². The highest BCUT2D eigenvalue weighted by Crippen LogP contribution is 2.43. The summed E-state index contributed by atoms with van der Waals surface area (Å²) in [6.45, 7) is 0.835. The Kier molecular flexibility index (Phi) is 7.39. The number of aromatic amines is 1. The number of nitrogens with one attached hydrogen (secondary N) is 1. The number of hydrogen-bond donors (Lipinski definition) is 1. The van der Waals surface area contributed by atoms with E-state index in [2.05, 4.69) is 30.3 Å². The molecule has 5 nitrogen and oxygen atoms in total. The second kappa shape index (κ2) is 10.4. The van der Waals surface area contributed by atoms with Crippen molar-refractivity contribution in [3.05, 3.63) is 80.9 Å². The number of nitrogens with zero attached hydrogens (tertiary/aromatic N) is 2. The molecule has 0 amide bonds. The highest BCUT2D eigenvalue weighted by atomic mass is 79.9. The monoisotopic (exact) mass is 531 g/mol. The first kappa shape index (κ1) is 22.0. The number of ether oxygens (including phenoxy) is 2. The Morgan fingerprint density at radius 1 is 1.00 bits per heavy atom. The highest BCUT2D eigenvalue weighted by molar-refractivity contribution is 9.10. The molecule has 4 rings (SSSR count). The van der Waals surface area contributed by atoms with Crippen molar-refractivity contribution in [1.29, 1.82) is 0 Å². The largest absolute Gasteiger partial charge is 0.474 e. The Morgan fingerprint density at radius 2 is 1.61 bits per heavy atom. The summed E-state index contributed by atoms with van der Waals surface area (Å²) in [5, 5.41) is 0.693. The minimum atomic E-state index is 0.407. The van der Waals surface area contributed by atoms with Crippen molar-refractivity contribution in [2.75, 3.05) is 6.26 Å². The lowest BCUT2D eigenvalue weighted by molar-refractivity contribution is 0.291. The van der Waals surface area contributed by atoms with Gasteiger partial charge in [-0.05, 0) is 44.8 Å². The molecule has 4 aromatic rings. The smallest absolute Gasteiger partial charge is 0.240 e. The summed E-state index contributed by atoms with van der Waals surface area (Å²) in [7, 11) is 0. The maximum absolute atomic E-state index is 6.14. The van der Waals surface area contributed by atoms with Crippen LogP contribution in [-0.2, 0) is 13.2 Å². The zero-order valence-corrected chi connectivity index (χ0v) is 20.5. The third-order valence-corrected chi connectivity index (χ3v) is 7.06. The highest BCUT2D eigenvalue weighted by Gasteiger charge is 2.21. The van der Waals surface area contributed by atoms with Gasteiger partial charge in [0.1, 0.15) is 22.3 Å². The summed E-state index contributed by atoms with van der Waals surface area (Å²) >= 11 is 12.0. The molecule has 0 atom stereocenters. The third-order valence-electron chi connectivity index (χ3n) is 4.34. The van der Waals surface area contributed by atoms with Crippen LogP contribution in [0, 0.1) is 4.64 Å². The number of thioether (sulfide) groups is 1. The fourth-order valence-electron chi connectivity index (χ4n) is 2.80. The summed E-state index contributed by atoms with van der Waals surface area (Å²) in [5.74, 6) is 1.08. The number of benzene rings is 2. The maximum Gasteiger partial charge on any atom is 0.240 e. The molecule has 0 saturated carbocycles. The normalized spacial score (nSPS) is 10.8. The van der Waals surface area contributed by atoms with E-state index in [1.54, 1.807) is 0 Å². The number of rotatable bonds is 8. The Hall–Kier alpha value is -2.20. The molecule has 0 fully saturated rings. The van der Waals surface area contributed by atoms with Gasteiger partial charge in [-0.15, -0.1) is 0 Å². The fourth-order valence-corrected chi connectivity index (χ4v) is 5.09. The van der Waals surface area contributed by atoms with E-state index in [0.717, 1.165) is 20.5 Å². The molecule has 158 valence electrons. The van der Waals surface area contributed by atoms with Gasteiger partial charge in [0.25, 0.3) is 0 Å². The van der Waals surface area contributed by atoms with Crippen LogP contribution in [0.4, 0.5) is 0 Å². The SMILES string of the molecule is CSc1nc(=S)c(-c2snc(OCc3ccccc3)c2Br)c(OCc2ccccc2)[nH]1. The van der Waals surface area contributed by atoms with Gasteiger partial charge in [-0.2, -0.15) is 4.37 Å². The van der Waals surface area contributed by atoms with Crippen LogP contribution in [0.15, 0.2) is 70.3 Å². The van der Waals surface area contributed by atoms with Crippen LogP contribution in [0.25, 0.3) is 10.4 Å². The molecule has 31 heavy (non-hydrogen) atoms. The standard InChI is InChI=1S/C22H18BrN3O2S3/c1-30-22-24-19(27-12-14-8-4-2-5-9-14)16(21(29)25-22)18-17(23)20(26-31-18)28-13-15-10-6-3-7-11-15/h2-11H,12-13H2,1H3,(H,24,25,29). The number of hydrogen-bond acceptors (Lipinski definition) is 7. The van der Waals surface area contributed by atoms with Gasteiger partial charge in [0.2, 0.25) is 11.8 Å². The Morgan fingerprint density at radius 3 is 2.23 bits per heavy atom. The van der Waals surface area contributed by atoms with Crippen molar-refractivity contribution in [3.63, 3.8) is 0 Å². The Balaban J connectivity index is 1.63. The summed E-state index contributed by atoms with van der Waals surface area (Å²) in [6, 6.07) is 19.9.